The van der Waals surface area contributed by atoms with Gasteiger partial charge in [-0.05, 0) is 38.0 Å². The third kappa shape index (κ3) is 3.73. The molecule has 0 spiro atoms. The van der Waals surface area contributed by atoms with Gasteiger partial charge in [-0.3, -0.25) is 4.79 Å². The van der Waals surface area contributed by atoms with Crippen LogP contribution in [0, 0.1) is 5.92 Å². The Balaban J connectivity index is 1.88. The Labute approximate surface area is 120 Å². The van der Waals surface area contributed by atoms with Gasteiger partial charge in [-0.15, -0.1) is 0 Å². The summed E-state index contributed by atoms with van der Waals surface area (Å²) >= 11 is 0. The molecule has 1 N–H and O–H groups in total. The lowest BCUT2D eigenvalue weighted by molar-refractivity contribution is -0.129. The SMILES string of the molecule is CCOc1ccc(CC(=O)N2CCC(C(C)O)C2)cc1. The topological polar surface area (TPSA) is 49.8 Å². The van der Waals surface area contributed by atoms with Crippen LogP contribution < -0.4 is 4.74 Å². The van der Waals surface area contributed by atoms with Crippen molar-refractivity contribution in [2.75, 3.05) is 19.7 Å². The van der Waals surface area contributed by atoms with Gasteiger partial charge >= 0.3 is 0 Å². The second-order valence-electron chi connectivity index (χ2n) is 5.38. The van der Waals surface area contributed by atoms with Crippen molar-refractivity contribution >= 4 is 5.91 Å². The summed E-state index contributed by atoms with van der Waals surface area (Å²) in [7, 11) is 0. The summed E-state index contributed by atoms with van der Waals surface area (Å²) in [5.74, 6) is 1.19. The van der Waals surface area contributed by atoms with Crippen LogP contribution in [-0.2, 0) is 11.2 Å². The minimum absolute atomic E-state index is 0.136. The van der Waals surface area contributed by atoms with Crippen molar-refractivity contribution in [2.45, 2.75) is 32.8 Å². The van der Waals surface area contributed by atoms with Gasteiger partial charge in [0.05, 0.1) is 19.1 Å². The van der Waals surface area contributed by atoms with Gasteiger partial charge in [0.25, 0.3) is 0 Å². The van der Waals surface area contributed by atoms with Crippen molar-refractivity contribution in [3.63, 3.8) is 0 Å². The van der Waals surface area contributed by atoms with Crippen LogP contribution in [0.15, 0.2) is 24.3 Å². The number of aliphatic hydroxyl groups excluding tert-OH is 1. The first-order chi connectivity index (χ1) is 9.60. The maximum Gasteiger partial charge on any atom is 0.227 e. The highest BCUT2D eigenvalue weighted by Gasteiger charge is 2.28. The van der Waals surface area contributed by atoms with E-state index in [2.05, 4.69) is 0 Å². The number of aliphatic hydroxyl groups is 1. The highest BCUT2D eigenvalue weighted by atomic mass is 16.5. The number of ether oxygens (including phenoxy) is 1. The van der Waals surface area contributed by atoms with Crippen molar-refractivity contribution in [1.82, 2.24) is 4.90 Å². The molecule has 2 unspecified atom stereocenters. The molecule has 0 aromatic heterocycles. The van der Waals surface area contributed by atoms with Gasteiger partial charge < -0.3 is 14.7 Å². The predicted molar refractivity (Wildman–Crippen MR) is 77.7 cm³/mol. The third-order valence-corrected chi connectivity index (χ3v) is 3.85. The van der Waals surface area contributed by atoms with Crippen LogP contribution in [0.25, 0.3) is 0 Å². The molecule has 0 aliphatic carbocycles. The van der Waals surface area contributed by atoms with E-state index in [4.69, 9.17) is 4.74 Å². The minimum atomic E-state index is -0.335. The molecule has 0 radical (unpaired) electrons. The second-order valence-corrected chi connectivity index (χ2v) is 5.38. The number of nitrogens with zero attached hydrogens (tertiary/aromatic N) is 1. The van der Waals surface area contributed by atoms with E-state index in [0.29, 0.717) is 19.6 Å². The smallest absolute Gasteiger partial charge is 0.227 e. The Morgan fingerprint density at radius 2 is 2.15 bits per heavy atom. The van der Waals surface area contributed by atoms with E-state index in [1.54, 1.807) is 6.92 Å². The first-order valence-corrected chi connectivity index (χ1v) is 7.27. The van der Waals surface area contributed by atoms with Crippen molar-refractivity contribution in [3.05, 3.63) is 29.8 Å². The van der Waals surface area contributed by atoms with Gasteiger partial charge in [-0.25, -0.2) is 0 Å². The van der Waals surface area contributed by atoms with E-state index in [9.17, 15) is 9.90 Å². The summed E-state index contributed by atoms with van der Waals surface area (Å²) in [6.45, 7) is 5.82. The normalized spacial score (nSPS) is 19.9. The number of benzene rings is 1. The standard InChI is InChI=1S/C16H23NO3/c1-3-20-15-6-4-13(5-7-15)10-16(19)17-9-8-14(11-17)12(2)18/h4-7,12,14,18H,3,8-11H2,1-2H3. The fourth-order valence-corrected chi connectivity index (χ4v) is 2.56. The summed E-state index contributed by atoms with van der Waals surface area (Å²) < 4.78 is 5.38. The maximum absolute atomic E-state index is 12.2. The summed E-state index contributed by atoms with van der Waals surface area (Å²) in [6.07, 6.45) is 0.976. The number of likely N-dealkylation sites (tertiary alicyclic amines) is 1. The molecule has 4 heteroatoms. The van der Waals surface area contributed by atoms with E-state index in [1.165, 1.54) is 0 Å². The molecule has 2 rings (SSSR count). The molecule has 20 heavy (non-hydrogen) atoms. The Kier molecular flexibility index (Phi) is 5.01. The van der Waals surface area contributed by atoms with Crippen LogP contribution in [0.2, 0.25) is 0 Å². The molecule has 4 nitrogen and oxygen atoms in total. The number of hydrogen-bond donors (Lipinski definition) is 1. The van der Waals surface area contributed by atoms with Crippen molar-refractivity contribution in [3.8, 4) is 5.75 Å². The molecule has 1 aromatic carbocycles. The van der Waals surface area contributed by atoms with Gasteiger partial charge in [-0.1, -0.05) is 12.1 Å². The molecule has 0 bridgehead atoms. The van der Waals surface area contributed by atoms with Gasteiger partial charge in [-0.2, -0.15) is 0 Å². The molecule has 1 heterocycles. The molecule has 2 atom stereocenters. The Morgan fingerprint density at radius 3 is 2.70 bits per heavy atom. The zero-order valence-corrected chi connectivity index (χ0v) is 12.2. The average Bonchev–Trinajstić information content (AvgIpc) is 2.91. The number of rotatable bonds is 5. The largest absolute Gasteiger partial charge is 0.494 e. The maximum atomic E-state index is 12.2. The van der Waals surface area contributed by atoms with E-state index < -0.39 is 0 Å². The van der Waals surface area contributed by atoms with E-state index >= 15 is 0 Å². The van der Waals surface area contributed by atoms with Crippen molar-refractivity contribution < 1.29 is 14.6 Å². The molecular formula is C16H23NO3. The molecule has 110 valence electrons. The van der Waals surface area contributed by atoms with Crippen LogP contribution in [0.1, 0.15) is 25.8 Å². The highest BCUT2D eigenvalue weighted by molar-refractivity contribution is 5.79. The molecule has 1 aliphatic rings. The Hall–Kier alpha value is -1.55. The van der Waals surface area contributed by atoms with Crippen LogP contribution in [0.3, 0.4) is 0 Å². The zero-order chi connectivity index (χ0) is 14.5. The summed E-state index contributed by atoms with van der Waals surface area (Å²) in [6, 6.07) is 7.67. The Morgan fingerprint density at radius 1 is 1.45 bits per heavy atom. The lowest BCUT2D eigenvalue weighted by Gasteiger charge is -2.17. The van der Waals surface area contributed by atoms with Crippen LogP contribution in [0.5, 0.6) is 5.75 Å². The number of carbonyl (C=O) groups is 1. The molecule has 1 fully saturated rings. The molecule has 1 aromatic rings. The van der Waals surface area contributed by atoms with Crippen LogP contribution in [0.4, 0.5) is 0 Å². The van der Waals surface area contributed by atoms with E-state index in [0.717, 1.165) is 24.3 Å². The van der Waals surface area contributed by atoms with Gasteiger partial charge in [0.1, 0.15) is 5.75 Å². The zero-order valence-electron chi connectivity index (χ0n) is 12.2. The number of carbonyl (C=O) groups excluding carboxylic acids is 1. The van der Waals surface area contributed by atoms with Gasteiger partial charge in [0.15, 0.2) is 0 Å². The second kappa shape index (κ2) is 6.75. The van der Waals surface area contributed by atoms with Crippen molar-refractivity contribution in [1.29, 1.82) is 0 Å². The lowest BCUT2D eigenvalue weighted by Crippen LogP contribution is -2.31. The van der Waals surface area contributed by atoms with Gasteiger partial charge in [0, 0.05) is 19.0 Å². The quantitative estimate of drug-likeness (QED) is 0.893. The van der Waals surface area contributed by atoms with Gasteiger partial charge in [0.2, 0.25) is 5.91 Å². The predicted octanol–water partition coefficient (Wildman–Crippen LogP) is 1.86. The summed E-state index contributed by atoms with van der Waals surface area (Å²) in [4.78, 5) is 14.1. The molecular weight excluding hydrogens is 254 g/mol. The lowest BCUT2D eigenvalue weighted by atomic mass is 10.0. The third-order valence-electron chi connectivity index (χ3n) is 3.85. The first kappa shape index (κ1) is 14.9. The monoisotopic (exact) mass is 277 g/mol. The number of amides is 1. The highest BCUT2D eigenvalue weighted by Crippen LogP contribution is 2.21. The number of hydrogen-bond acceptors (Lipinski definition) is 3. The Bertz CT molecular complexity index is 442. The fraction of sp³-hybridized carbons (Fsp3) is 0.562. The molecule has 0 saturated carbocycles. The summed E-state index contributed by atoms with van der Waals surface area (Å²) in [5, 5.41) is 9.57. The summed E-state index contributed by atoms with van der Waals surface area (Å²) in [5.41, 5.74) is 0.999. The average molecular weight is 277 g/mol. The van der Waals surface area contributed by atoms with Crippen LogP contribution >= 0.6 is 0 Å². The molecule has 1 amide bonds. The van der Waals surface area contributed by atoms with E-state index in [-0.39, 0.29) is 17.9 Å². The first-order valence-electron chi connectivity index (χ1n) is 7.27. The minimum Gasteiger partial charge on any atom is -0.494 e. The van der Waals surface area contributed by atoms with Crippen molar-refractivity contribution in [2.24, 2.45) is 5.92 Å². The van der Waals surface area contributed by atoms with E-state index in [1.807, 2.05) is 36.1 Å². The van der Waals surface area contributed by atoms with Crippen LogP contribution in [-0.4, -0.2) is 41.7 Å². The molecule has 1 aliphatic heterocycles. The molecule has 1 saturated heterocycles. The fourth-order valence-electron chi connectivity index (χ4n) is 2.56.